The Labute approximate surface area is 231 Å². The third kappa shape index (κ3) is 4.86. The fourth-order valence-electron chi connectivity index (χ4n) is 3.73. The molecular weight excluding hydrogens is 698 g/mol. The number of halogens is 2. The number of hydrogen-bond acceptors (Lipinski definition) is 7. The number of phenolic OH excluding ortho intramolecular Hbond substituents is 1. The first-order valence-corrected chi connectivity index (χ1v) is 14.5. The monoisotopic (exact) mass is 718 g/mol. The number of carbonyl (C=O) groups excluding carboxylic acids is 1. The van der Waals surface area contributed by atoms with Crippen molar-refractivity contribution in [3.8, 4) is 5.75 Å². The summed E-state index contributed by atoms with van der Waals surface area (Å²) >= 11 is 7.10. The Bertz CT molecular complexity index is 1490. The number of esters is 1. The number of thiazole rings is 1. The first-order chi connectivity index (χ1) is 16.2. The van der Waals surface area contributed by atoms with Gasteiger partial charge >= 0.3 is 5.97 Å². The van der Waals surface area contributed by atoms with Crippen molar-refractivity contribution >= 4 is 80.3 Å². The molecule has 34 heavy (non-hydrogen) atoms. The summed E-state index contributed by atoms with van der Waals surface area (Å²) in [5.41, 5.74) is 1.96. The zero-order valence-electron chi connectivity index (χ0n) is 18.5. The van der Waals surface area contributed by atoms with Gasteiger partial charge in [-0.2, -0.15) is 0 Å². The molecular formula is C24H20I2N2O4S2. The van der Waals surface area contributed by atoms with Crippen molar-refractivity contribution in [1.82, 2.24) is 4.57 Å². The summed E-state index contributed by atoms with van der Waals surface area (Å²) < 4.78 is 8.97. The SMILES string of the molecule is CCOC(=O)C1=C(C)N=c2s/c(=C\c3cc(I)cc(I)c3O)c(=O)n2[C@H]1c1ccc(SC)cc1. The van der Waals surface area contributed by atoms with Gasteiger partial charge in [0, 0.05) is 14.0 Å². The Morgan fingerprint density at radius 1 is 1.29 bits per heavy atom. The quantitative estimate of drug-likeness (QED) is 0.240. The number of nitrogens with zero attached hydrogens (tertiary/aromatic N) is 2. The Hall–Kier alpha value is -1.64. The summed E-state index contributed by atoms with van der Waals surface area (Å²) in [4.78, 5) is 32.8. The van der Waals surface area contributed by atoms with Gasteiger partial charge in [-0.05, 0) is 101 Å². The topological polar surface area (TPSA) is 80.9 Å². The molecule has 1 aliphatic heterocycles. The summed E-state index contributed by atoms with van der Waals surface area (Å²) in [6.07, 6.45) is 3.67. The molecule has 0 saturated carbocycles. The molecule has 2 heterocycles. The second kappa shape index (κ2) is 10.5. The number of ether oxygens (including phenoxy) is 1. The smallest absolute Gasteiger partial charge is 0.338 e. The Morgan fingerprint density at radius 2 is 2.00 bits per heavy atom. The van der Waals surface area contributed by atoms with E-state index >= 15 is 0 Å². The number of fused-ring (bicyclic) bond motifs is 1. The molecule has 0 spiro atoms. The minimum atomic E-state index is -0.655. The zero-order valence-corrected chi connectivity index (χ0v) is 24.4. The highest BCUT2D eigenvalue weighted by atomic mass is 127. The van der Waals surface area contributed by atoms with Crippen LogP contribution in [0.4, 0.5) is 0 Å². The van der Waals surface area contributed by atoms with Crippen LogP contribution in [0.3, 0.4) is 0 Å². The number of aromatic nitrogens is 1. The zero-order chi connectivity index (χ0) is 24.6. The van der Waals surface area contributed by atoms with Crippen LogP contribution in [0.1, 0.15) is 31.0 Å². The molecule has 176 valence electrons. The molecule has 0 radical (unpaired) electrons. The van der Waals surface area contributed by atoms with Crippen LogP contribution in [0, 0.1) is 7.14 Å². The molecule has 0 amide bonds. The van der Waals surface area contributed by atoms with Crippen molar-refractivity contribution in [2.75, 3.05) is 12.9 Å². The molecule has 0 saturated heterocycles. The average molecular weight is 718 g/mol. The lowest BCUT2D eigenvalue weighted by atomic mass is 9.96. The van der Waals surface area contributed by atoms with Crippen LogP contribution < -0.4 is 14.9 Å². The maximum Gasteiger partial charge on any atom is 0.338 e. The molecule has 1 atom stereocenters. The highest BCUT2D eigenvalue weighted by molar-refractivity contribution is 14.1. The molecule has 0 aliphatic carbocycles. The average Bonchev–Trinajstić information content (AvgIpc) is 3.10. The van der Waals surface area contributed by atoms with Gasteiger partial charge in [-0.1, -0.05) is 23.5 Å². The first kappa shape index (κ1) is 25.5. The maximum atomic E-state index is 13.7. The minimum Gasteiger partial charge on any atom is -0.506 e. The fourth-order valence-corrected chi connectivity index (χ4v) is 7.07. The first-order valence-electron chi connectivity index (χ1n) is 10.3. The number of hydrogen-bond donors (Lipinski definition) is 1. The van der Waals surface area contributed by atoms with E-state index in [0.717, 1.165) is 14.0 Å². The lowest BCUT2D eigenvalue weighted by molar-refractivity contribution is -0.139. The summed E-state index contributed by atoms with van der Waals surface area (Å²) in [5, 5.41) is 10.5. The third-order valence-corrected chi connectivity index (χ3v) is 8.46. The van der Waals surface area contributed by atoms with Crippen LogP contribution in [0.25, 0.3) is 6.08 Å². The summed E-state index contributed by atoms with van der Waals surface area (Å²) in [5.74, 6) is -0.360. The molecule has 1 N–H and O–H groups in total. The van der Waals surface area contributed by atoms with Crippen LogP contribution in [0.2, 0.25) is 0 Å². The largest absolute Gasteiger partial charge is 0.506 e. The van der Waals surface area contributed by atoms with Crippen molar-refractivity contribution < 1.29 is 14.6 Å². The summed E-state index contributed by atoms with van der Waals surface area (Å²) in [6.45, 7) is 3.74. The standard InChI is InChI=1S/C24H20I2N2O4S2/c1-4-32-23(31)19-12(2)27-24-28(20(19)13-5-7-16(33-3)8-6-13)22(30)18(34-24)10-14-9-15(25)11-17(26)21(14)29/h5-11,20,29H,4H2,1-3H3/b18-10-/t20-/m0/s1. The predicted octanol–water partition coefficient (Wildman–Crippen LogP) is 4.44. The van der Waals surface area contributed by atoms with Crippen LogP contribution in [-0.4, -0.2) is 28.5 Å². The van der Waals surface area contributed by atoms with E-state index in [2.05, 4.69) is 50.2 Å². The molecule has 4 rings (SSSR count). The van der Waals surface area contributed by atoms with Gasteiger partial charge in [0.05, 0.1) is 32.0 Å². The van der Waals surface area contributed by atoms with Gasteiger partial charge in [-0.15, -0.1) is 11.8 Å². The van der Waals surface area contributed by atoms with E-state index in [1.165, 1.54) is 11.3 Å². The van der Waals surface area contributed by atoms with Gasteiger partial charge in [-0.3, -0.25) is 9.36 Å². The van der Waals surface area contributed by atoms with Crippen molar-refractivity contribution in [2.45, 2.75) is 24.8 Å². The lowest BCUT2D eigenvalue weighted by Gasteiger charge is -2.24. The summed E-state index contributed by atoms with van der Waals surface area (Å²) in [6, 6.07) is 10.8. The van der Waals surface area contributed by atoms with E-state index in [1.807, 2.05) is 42.7 Å². The van der Waals surface area contributed by atoms with Crippen LogP contribution in [0.5, 0.6) is 5.75 Å². The second-order valence-corrected chi connectivity index (χ2v) is 11.7. The second-order valence-electron chi connectivity index (χ2n) is 7.40. The number of rotatable bonds is 5. The number of aromatic hydroxyl groups is 1. The molecule has 1 aliphatic rings. The molecule has 0 fully saturated rings. The van der Waals surface area contributed by atoms with Gasteiger partial charge in [0.1, 0.15) is 5.75 Å². The number of allylic oxidation sites excluding steroid dienone is 1. The molecule has 0 bridgehead atoms. The molecule has 10 heteroatoms. The van der Waals surface area contributed by atoms with E-state index < -0.39 is 12.0 Å². The molecule has 2 aromatic carbocycles. The minimum absolute atomic E-state index is 0.124. The maximum absolute atomic E-state index is 13.7. The normalized spacial score (nSPS) is 15.8. The van der Waals surface area contributed by atoms with Crippen LogP contribution >= 0.6 is 68.3 Å². The molecule has 1 aromatic heterocycles. The van der Waals surface area contributed by atoms with Gasteiger partial charge < -0.3 is 9.84 Å². The van der Waals surface area contributed by atoms with E-state index in [9.17, 15) is 14.7 Å². The fraction of sp³-hybridized carbons (Fsp3) is 0.208. The molecule has 3 aromatic rings. The lowest BCUT2D eigenvalue weighted by Crippen LogP contribution is -2.39. The van der Waals surface area contributed by atoms with E-state index in [0.29, 0.717) is 29.7 Å². The third-order valence-electron chi connectivity index (χ3n) is 5.29. The van der Waals surface area contributed by atoms with Gasteiger partial charge in [0.25, 0.3) is 5.56 Å². The van der Waals surface area contributed by atoms with Gasteiger partial charge in [0.15, 0.2) is 4.80 Å². The van der Waals surface area contributed by atoms with Crippen molar-refractivity contribution in [3.63, 3.8) is 0 Å². The van der Waals surface area contributed by atoms with Gasteiger partial charge in [-0.25, -0.2) is 9.79 Å². The van der Waals surface area contributed by atoms with Crippen molar-refractivity contribution in [3.05, 3.63) is 85.6 Å². The van der Waals surface area contributed by atoms with E-state index in [4.69, 9.17) is 4.74 Å². The Morgan fingerprint density at radius 3 is 2.65 bits per heavy atom. The van der Waals surface area contributed by atoms with Crippen LogP contribution in [-0.2, 0) is 9.53 Å². The van der Waals surface area contributed by atoms with Crippen molar-refractivity contribution in [1.29, 1.82) is 0 Å². The highest BCUT2D eigenvalue weighted by Crippen LogP contribution is 2.32. The number of thioether (sulfide) groups is 1. The predicted molar refractivity (Wildman–Crippen MR) is 152 cm³/mol. The van der Waals surface area contributed by atoms with Gasteiger partial charge in [0.2, 0.25) is 0 Å². The highest BCUT2D eigenvalue weighted by Gasteiger charge is 2.33. The number of benzene rings is 2. The Kier molecular flexibility index (Phi) is 7.89. The van der Waals surface area contributed by atoms with Crippen molar-refractivity contribution in [2.24, 2.45) is 4.99 Å². The molecule has 0 unspecified atom stereocenters. The van der Waals surface area contributed by atoms with E-state index in [-0.39, 0.29) is 17.9 Å². The van der Waals surface area contributed by atoms with Crippen LogP contribution in [0.15, 0.2) is 62.4 Å². The number of phenols is 1. The Balaban J connectivity index is 1.97. The van der Waals surface area contributed by atoms with E-state index in [1.54, 1.807) is 36.3 Å². The molecule has 6 nitrogen and oxygen atoms in total. The summed E-state index contributed by atoms with van der Waals surface area (Å²) in [7, 11) is 0. The number of carbonyl (C=O) groups is 1.